The van der Waals surface area contributed by atoms with Crippen LogP contribution in [0.5, 0.6) is 0 Å². The number of carbonyl (C=O) groups is 2. The predicted molar refractivity (Wildman–Crippen MR) is 181 cm³/mol. The molecule has 0 aliphatic carbocycles. The van der Waals surface area contributed by atoms with Gasteiger partial charge in [-0.3, -0.25) is 10.1 Å². The first-order valence-corrected chi connectivity index (χ1v) is 16.0. The summed E-state index contributed by atoms with van der Waals surface area (Å²) in [5.41, 5.74) is 3.80. The van der Waals surface area contributed by atoms with Crippen LogP contribution in [0.3, 0.4) is 0 Å². The Kier molecular flexibility index (Phi) is 9.12. The number of methoxy groups -OCH3 is 1. The Bertz CT molecular complexity index is 2060. The van der Waals surface area contributed by atoms with E-state index in [1.165, 1.54) is 24.2 Å². The first-order valence-electron chi connectivity index (χ1n) is 15.6. The smallest absolute Gasteiger partial charge is 0.411 e. The van der Waals surface area contributed by atoms with Gasteiger partial charge in [0.1, 0.15) is 11.7 Å². The van der Waals surface area contributed by atoms with E-state index in [9.17, 15) is 23.6 Å². The number of fused-ring (bicyclic) bond motifs is 4. The third kappa shape index (κ3) is 6.84. The number of benzene rings is 2. The second kappa shape index (κ2) is 13.3. The lowest BCUT2D eigenvalue weighted by atomic mass is 9.83. The van der Waals surface area contributed by atoms with Gasteiger partial charge in [0, 0.05) is 50.8 Å². The Morgan fingerprint density at radius 2 is 1.98 bits per heavy atom. The highest BCUT2D eigenvalue weighted by Crippen LogP contribution is 2.39. The number of aryl methyl sites for hydroxylation is 1. The van der Waals surface area contributed by atoms with Gasteiger partial charge in [0.2, 0.25) is 11.6 Å². The molecule has 14 heteroatoms. The second-order valence-corrected chi connectivity index (χ2v) is 13.0. The molecule has 2 amide bonds. The Morgan fingerprint density at radius 3 is 2.69 bits per heavy atom. The molecule has 1 aliphatic heterocycles. The van der Waals surface area contributed by atoms with Crippen LogP contribution in [0.4, 0.5) is 25.0 Å². The van der Waals surface area contributed by atoms with Crippen molar-refractivity contribution in [1.29, 1.82) is 0 Å². The molecule has 0 fully saturated rings. The molecule has 3 aromatic heterocycles. The van der Waals surface area contributed by atoms with Crippen LogP contribution in [0.15, 0.2) is 67.1 Å². The third-order valence-corrected chi connectivity index (χ3v) is 9.00. The summed E-state index contributed by atoms with van der Waals surface area (Å²) >= 11 is 6.34. The van der Waals surface area contributed by atoms with E-state index in [0.29, 0.717) is 75.2 Å². The molecule has 11 nitrogen and oxygen atoms in total. The van der Waals surface area contributed by atoms with Gasteiger partial charge in [-0.05, 0) is 62.2 Å². The minimum Gasteiger partial charge on any atom is -0.618 e. The van der Waals surface area contributed by atoms with Crippen LogP contribution in [0.2, 0.25) is 5.02 Å². The summed E-state index contributed by atoms with van der Waals surface area (Å²) in [6.45, 7) is 5.59. The molecule has 0 saturated carbocycles. The van der Waals surface area contributed by atoms with Crippen molar-refractivity contribution in [2.75, 3.05) is 17.7 Å². The van der Waals surface area contributed by atoms with E-state index < -0.39 is 23.9 Å². The number of aromatic nitrogens is 5. The fourth-order valence-electron chi connectivity index (χ4n) is 6.03. The van der Waals surface area contributed by atoms with E-state index in [2.05, 4.69) is 20.7 Å². The molecule has 3 N–H and O–H groups in total. The van der Waals surface area contributed by atoms with Gasteiger partial charge in [0.15, 0.2) is 6.20 Å². The lowest BCUT2D eigenvalue weighted by Crippen LogP contribution is -2.34. The average molecular weight is 690 g/mol. The van der Waals surface area contributed by atoms with Gasteiger partial charge in [-0.1, -0.05) is 31.9 Å². The summed E-state index contributed by atoms with van der Waals surface area (Å²) in [4.78, 5) is 33.8. The monoisotopic (exact) mass is 689 g/mol. The van der Waals surface area contributed by atoms with Gasteiger partial charge in [-0.15, -0.1) is 0 Å². The Balaban J connectivity index is 1.42. The molecular formula is C35H34ClF2N7O4. The molecule has 1 atom stereocenters. The van der Waals surface area contributed by atoms with Gasteiger partial charge < -0.3 is 20.2 Å². The van der Waals surface area contributed by atoms with Crippen molar-refractivity contribution >= 4 is 35.0 Å². The summed E-state index contributed by atoms with van der Waals surface area (Å²) < 4.78 is 33.5. The number of H-pyrrole nitrogens is 1. The van der Waals surface area contributed by atoms with Crippen LogP contribution in [0.25, 0.3) is 28.1 Å². The van der Waals surface area contributed by atoms with Crippen LogP contribution in [-0.2, 0) is 9.53 Å². The van der Waals surface area contributed by atoms with E-state index >= 15 is 0 Å². The zero-order valence-corrected chi connectivity index (χ0v) is 27.9. The van der Waals surface area contributed by atoms with Crippen molar-refractivity contribution in [1.82, 2.24) is 19.7 Å². The number of hydrogen-bond acceptors (Lipinski definition) is 6. The minimum atomic E-state index is -2.68. The number of hydrogen-bond donors (Lipinski definition) is 3. The summed E-state index contributed by atoms with van der Waals surface area (Å²) in [6.07, 6.45) is 2.08. The van der Waals surface area contributed by atoms with Gasteiger partial charge >= 0.3 is 6.09 Å². The molecule has 4 heterocycles. The molecule has 6 rings (SSSR count). The number of halogens is 3. The molecule has 1 aliphatic rings. The summed E-state index contributed by atoms with van der Waals surface area (Å²) in [6, 6.07) is 13.6. The van der Waals surface area contributed by atoms with Crippen molar-refractivity contribution in [3.8, 4) is 28.1 Å². The topological polar surface area (TPSA) is 141 Å². The van der Waals surface area contributed by atoms with Crippen LogP contribution in [-0.4, -0.2) is 38.9 Å². The predicted octanol–water partition coefficient (Wildman–Crippen LogP) is 7.92. The van der Waals surface area contributed by atoms with E-state index in [-0.39, 0.29) is 11.5 Å². The second-order valence-electron chi connectivity index (χ2n) is 12.6. The van der Waals surface area contributed by atoms with Crippen LogP contribution in [0.1, 0.15) is 68.2 Å². The largest absolute Gasteiger partial charge is 0.618 e. The highest BCUT2D eigenvalue weighted by molar-refractivity contribution is 6.31. The highest BCUT2D eigenvalue weighted by atomic mass is 35.5. The van der Waals surface area contributed by atoms with Crippen molar-refractivity contribution in [2.45, 2.75) is 52.4 Å². The average Bonchev–Trinajstić information content (AvgIpc) is 3.70. The Labute approximate surface area is 285 Å². The fourth-order valence-corrected chi connectivity index (χ4v) is 6.20. The van der Waals surface area contributed by atoms with E-state index in [4.69, 9.17) is 21.3 Å². The number of rotatable bonds is 5. The normalized spacial score (nSPS) is 15.9. The first kappa shape index (κ1) is 33.6. The highest BCUT2D eigenvalue weighted by Gasteiger charge is 2.33. The lowest BCUT2D eigenvalue weighted by molar-refractivity contribution is -0.614. The molecule has 49 heavy (non-hydrogen) atoms. The molecule has 2 aromatic carbocycles. The number of alkyl halides is 2. The zero-order valence-electron chi connectivity index (χ0n) is 27.2. The number of carbonyl (C=O) groups excluding carboxylic acids is 2. The number of pyridine rings is 1. The molecule has 0 radical (unpaired) electrons. The summed E-state index contributed by atoms with van der Waals surface area (Å²) in [7, 11) is 1.26. The number of nitrogens with one attached hydrogen (secondary N) is 3. The lowest BCUT2D eigenvalue weighted by Gasteiger charge is -2.26. The number of anilines is 2. The summed E-state index contributed by atoms with van der Waals surface area (Å²) in [5, 5.41) is 24.0. The fraction of sp³-hybridized carbons (Fsp3) is 0.286. The number of amides is 2. The van der Waals surface area contributed by atoms with Gasteiger partial charge in [-0.2, -0.15) is 9.83 Å². The SMILES string of the molecule is COC(=O)Nc1ccc2c(c1)NC(=O)C(C)(C)CCC[C@H](c1ccc(-c3cc(Cl)ccc3-n3cc(C(F)F)cn3)c[n+]1[O-])c1nc-2c(C)[nH]1. The number of nitrogens with zero attached hydrogens (tertiary/aromatic N) is 4. The van der Waals surface area contributed by atoms with Crippen LogP contribution < -0.4 is 15.4 Å². The van der Waals surface area contributed by atoms with Gasteiger partial charge in [-0.25, -0.2) is 23.2 Å². The molecule has 0 unspecified atom stereocenters. The van der Waals surface area contributed by atoms with Crippen LogP contribution >= 0.6 is 11.6 Å². The Morgan fingerprint density at radius 1 is 1.18 bits per heavy atom. The molecule has 254 valence electrons. The van der Waals surface area contributed by atoms with Crippen molar-refractivity contribution in [3.63, 3.8) is 0 Å². The van der Waals surface area contributed by atoms with E-state index in [1.807, 2.05) is 20.8 Å². The van der Waals surface area contributed by atoms with Gasteiger partial charge in [0.25, 0.3) is 6.43 Å². The standard InChI is InChI=1S/C35H34ClF2N7O4/c1-19-30-24-10-9-23(41-34(47)49-4)15-27(24)42-33(46)35(2,3)13-5-6-25(32(40-19)43-30)29-11-7-20(18-45(29)48)26-14-22(36)8-12-28(26)44-17-21(16-39-44)31(37)38/h7-12,14-18,25,31H,5-6,13H2,1-4H3,(H,40,43)(H,41,47)(H,42,46)/t25-/m1/s1. The molecule has 5 aromatic rings. The number of aromatic amines is 1. The Hall–Kier alpha value is -5.30. The molecular weight excluding hydrogens is 656 g/mol. The number of ether oxygens (including phenoxy) is 1. The van der Waals surface area contributed by atoms with Crippen molar-refractivity contribution in [2.24, 2.45) is 5.41 Å². The van der Waals surface area contributed by atoms with Gasteiger partial charge in [0.05, 0.1) is 35.9 Å². The molecule has 0 saturated heterocycles. The van der Waals surface area contributed by atoms with Crippen LogP contribution in [0, 0.1) is 17.5 Å². The maximum absolute atomic E-state index is 13.9. The third-order valence-electron chi connectivity index (χ3n) is 8.77. The summed E-state index contributed by atoms with van der Waals surface area (Å²) in [5.74, 6) is -0.0794. The minimum absolute atomic E-state index is 0.201. The zero-order chi connectivity index (χ0) is 35.0. The number of imidazole rings is 1. The van der Waals surface area contributed by atoms with Crippen molar-refractivity contribution in [3.05, 3.63) is 100 Å². The van der Waals surface area contributed by atoms with E-state index in [1.54, 1.807) is 48.5 Å². The maximum Gasteiger partial charge on any atom is 0.411 e. The maximum atomic E-state index is 13.9. The molecule has 0 spiro atoms. The molecule has 2 bridgehead atoms. The quantitative estimate of drug-likeness (QED) is 0.126. The first-order chi connectivity index (χ1) is 23.3. The van der Waals surface area contributed by atoms with Crippen molar-refractivity contribution < 1.29 is 27.8 Å². The van der Waals surface area contributed by atoms with E-state index in [0.717, 1.165) is 16.6 Å².